The van der Waals surface area contributed by atoms with E-state index in [0.717, 1.165) is 25.9 Å². The Morgan fingerprint density at radius 2 is 1.83 bits per heavy atom. The summed E-state index contributed by atoms with van der Waals surface area (Å²) in [4.78, 5) is 30.8. The second kappa shape index (κ2) is 10.6. The highest BCUT2D eigenvalue weighted by atomic mass is 32.1. The number of piperazine rings is 1. The first-order valence-electron chi connectivity index (χ1n) is 12.6. The van der Waals surface area contributed by atoms with Crippen LogP contribution >= 0.6 is 11.3 Å². The minimum absolute atomic E-state index is 0.0189. The van der Waals surface area contributed by atoms with Crippen molar-refractivity contribution in [3.63, 3.8) is 0 Å². The largest absolute Gasteiger partial charge is 0.477 e. The van der Waals surface area contributed by atoms with Gasteiger partial charge in [-0.3, -0.25) is 9.69 Å². The van der Waals surface area contributed by atoms with Crippen LogP contribution in [0.15, 0.2) is 30.3 Å². The van der Waals surface area contributed by atoms with Crippen molar-refractivity contribution in [3.05, 3.63) is 51.2 Å². The first kappa shape index (κ1) is 25.5. The fourth-order valence-corrected chi connectivity index (χ4v) is 5.99. The van der Waals surface area contributed by atoms with Crippen LogP contribution in [0.3, 0.4) is 0 Å². The number of aryl methyl sites for hydroxylation is 1. The van der Waals surface area contributed by atoms with E-state index in [1.54, 1.807) is 0 Å². The minimum Gasteiger partial charge on any atom is -0.477 e. The molecule has 1 aromatic heterocycles. The molecule has 0 spiro atoms. The van der Waals surface area contributed by atoms with Crippen molar-refractivity contribution in [3.8, 4) is 11.8 Å². The average molecular weight is 493 g/mol. The van der Waals surface area contributed by atoms with Crippen molar-refractivity contribution in [2.75, 3.05) is 18.0 Å². The number of carbonyl (C=O) groups excluding carboxylic acids is 1. The van der Waals surface area contributed by atoms with E-state index in [0.29, 0.717) is 16.5 Å². The SMILES string of the molecule is Cc1ccc(CN2CC(=O)N(c3cc(C#CC(C)(C)C)sc3C(=O)O)C(C3CCCCC3)C2)cc1. The van der Waals surface area contributed by atoms with Crippen LogP contribution in [0.1, 0.15) is 78.6 Å². The van der Waals surface area contributed by atoms with Gasteiger partial charge in [-0.2, -0.15) is 0 Å². The molecule has 1 atom stereocenters. The van der Waals surface area contributed by atoms with Gasteiger partial charge in [-0.15, -0.1) is 11.3 Å². The molecule has 186 valence electrons. The van der Waals surface area contributed by atoms with Crippen LogP contribution in [0.5, 0.6) is 0 Å². The first-order chi connectivity index (χ1) is 16.6. The summed E-state index contributed by atoms with van der Waals surface area (Å²) < 4.78 is 0. The van der Waals surface area contributed by atoms with Crippen molar-refractivity contribution in [1.29, 1.82) is 0 Å². The molecule has 1 saturated heterocycles. The van der Waals surface area contributed by atoms with Crippen LogP contribution in [0.2, 0.25) is 0 Å². The lowest BCUT2D eigenvalue weighted by Crippen LogP contribution is -2.59. The van der Waals surface area contributed by atoms with Crippen molar-refractivity contribution >= 4 is 28.9 Å². The molecule has 5 nitrogen and oxygen atoms in total. The quantitative estimate of drug-likeness (QED) is 0.524. The fraction of sp³-hybridized carbons (Fsp3) is 0.517. The molecule has 1 amide bonds. The number of hydrogen-bond donors (Lipinski definition) is 1. The number of carboxylic acid groups (broad SMARTS) is 1. The summed E-state index contributed by atoms with van der Waals surface area (Å²) >= 11 is 1.18. The monoisotopic (exact) mass is 492 g/mol. The molecule has 6 heteroatoms. The first-order valence-corrected chi connectivity index (χ1v) is 13.4. The van der Waals surface area contributed by atoms with Crippen molar-refractivity contribution in [1.82, 2.24) is 4.90 Å². The Morgan fingerprint density at radius 3 is 2.46 bits per heavy atom. The number of nitrogens with zero attached hydrogens (tertiary/aromatic N) is 2. The molecule has 4 rings (SSSR count). The highest BCUT2D eigenvalue weighted by Crippen LogP contribution is 2.38. The third kappa shape index (κ3) is 6.34. The maximum Gasteiger partial charge on any atom is 0.348 e. The Kier molecular flexibility index (Phi) is 7.68. The van der Waals surface area contributed by atoms with E-state index in [9.17, 15) is 14.7 Å². The second-order valence-electron chi connectivity index (χ2n) is 11.0. The van der Waals surface area contributed by atoms with E-state index in [1.165, 1.54) is 41.7 Å². The van der Waals surface area contributed by atoms with Gasteiger partial charge < -0.3 is 10.0 Å². The summed E-state index contributed by atoms with van der Waals surface area (Å²) in [5.41, 5.74) is 2.76. The van der Waals surface area contributed by atoms with Crippen LogP contribution in [-0.4, -0.2) is 41.0 Å². The molecule has 0 radical (unpaired) electrons. The van der Waals surface area contributed by atoms with Crippen LogP contribution in [0.25, 0.3) is 0 Å². The number of thiophene rings is 1. The van der Waals surface area contributed by atoms with Gasteiger partial charge in [0, 0.05) is 18.5 Å². The van der Waals surface area contributed by atoms with Gasteiger partial charge >= 0.3 is 5.97 Å². The van der Waals surface area contributed by atoms with Gasteiger partial charge in [-0.1, -0.05) is 60.9 Å². The Hall–Kier alpha value is -2.62. The van der Waals surface area contributed by atoms with Gasteiger partial charge in [-0.25, -0.2) is 4.79 Å². The molecule has 1 aliphatic carbocycles. The minimum atomic E-state index is -0.994. The summed E-state index contributed by atoms with van der Waals surface area (Å²) in [6.45, 7) is 9.93. The van der Waals surface area contributed by atoms with Crippen LogP contribution in [-0.2, 0) is 11.3 Å². The van der Waals surface area contributed by atoms with E-state index >= 15 is 0 Å². The molecule has 1 saturated carbocycles. The van der Waals surface area contributed by atoms with Gasteiger partial charge in [0.25, 0.3) is 0 Å². The molecule has 1 unspecified atom stereocenters. The van der Waals surface area contributed by atoms with Gasteiger partial charge in [0.2, 0.25) is 5.91 Å². The zero-order valence-corrected chi connectivity index (χ0v) is 22.1. The molecule has 2 fully saturated rings. The topological polar surface area (TPSA) is 60.9 Å². The van der Waals surface area contributed by atoms with Gasteiger partial charge in [0.1, 0.15) is 4.88 Å². The Labute approximate surface area is 213 Å². The zero-order valence-electron chi connectivity index (χ0n) is 21.3. The molecule has 1 aromatic carbocycles. The van der Waals surface area contributed by atoms with Gasteiger partial charge in [0.15, 0.2) is 0 Å². The van der Waals surface area contributed by atoms with E-state index < -0.39 is 5.97 Å². The summed E-state index contributed by atoms with van der Waals surface area (Å²) in [5, 5.41) is 10.0. The predicted octanol–water partition coefficient (Wildman–Crippen LogP) is 5.95. The van der Waals surface area contributed by atoms with Gasteiger partial charge in [-0.05, 0) is 58.1 Å². The maximum absolute atomic E-state index is 13.7. The highest BCUT2D eigenvalue weighted by Gasteiger charge is 2.40. The van der Waals surface area contributed by atoms with E-state index in [4.69, 9.17) is 0 Å². The third-order valence-electron chi connectivity index (χ3n) is 6.85. The fourth-order valence-electron chi connectivity index (χ4n) is 5.15. The number of hydrogen-bond acceptors (Lipinski definition) is 4. The van der Waals surface area contributed by atoms with Crippen molar-refractivity contribution < 1.29 is 14.7 Å². The van der Waals surface area contributed by atoms with Crippen LogP contribution in [0, 0.1) is 30.1 Å². The molecule has 1 N–H and O–H groups in total. The summed E-state index contributed by atoms with van der Waals surface area (Å²) in [6, 6.07) is 10.3. The molecule has 2 aromatic rings. The third-order valence-corrected chi connectivity index (χ3v) is 7.88. The van der Waals surface area contributed by atoms with Gasteiger partial charge in [0.05, 0.1) is 23.2 Å². The molecule has 2 heterocycles. The standard InChI is InChI=1S/C29H36N2O3S/c1-20-10-12-21(13-11-20)17-30-18-25(22-8-6-5-7-9-22)31(26(32)19-30)24-16-23(14-15-29(2,3)4)35-27(24)28(33)34/h10-13,16,22,25H,5-9,17-19H2,1-4H3,(H,33,34). The normalized spacial score (nSPS) is 19.9. The predicted molar refractivity (Wildman–Crippen MR) is 142 cm³/mol. The van der Waals surface area contributed by atoms with E-state index in [2.05, 4.69) is 47.9 Å². The lowest BCUT2D eigenvalue weighted by molar-refractivity contribution is -0.123. The number of benzene rings is 1. The zero-order chi connectivity index (χ0) is 25.2. The van der Waals surface area contributed by atoms with E-state index in [1.807, 2.05) is 31.7 Å². The molecule has 2 aliphatic rings. The molecule has 1 aliphatic heterocycles. The summed E-state index contributed by atoms with van der Waals surface area (Å²) in [6.07, 6.45) is 5.72. The van der Waals surface area contributed by atoms with Crippen LogP contribution < -0.4 is 4.90 Å². The average Bonchev–Trinajstić information content (AvgIpc) is 3.23. The number of carbonyl (C=O) groups is 2. The smallest absolute Gasteiger partial charge is 0.348 e. The highest BCUT2D eigenvalue weighted by molar-refractivity contribution is 7.15. The number of carboxylic acids is 1. The Morgan fingerprint density at radius 1 is 1.14 bits per heavy atom. The van der Waals surface area contributed by atoms with Crippen molar-refractivity contribution in [2.45, 2.75) is 72.4 Å². The molecular weight excluding hydrogens is 456 g/mol. The molecule has 0 bridgehead atoms. The lowest BCUT2D eigenvalue weighted by atomic mass is 9.82. The number of anilines is 1. The summed E-state index contributed by atoms with van der Waals surface area (Å²) in [7, 11) is 0. The number of aromatic carboxylic acids is 1. The number of amides is 1. The van der Waals surface area contributed by atoms with Crippen molar-refractivity contribution in [2.24, 2.45) is 11.3 Å². The van der Waals surface area contributed by atoms with Crippen LogP contribution in [0.4, 0.5) is 5.69 Å². The molecular formula is C29H36N2O3S. The number of rotatable bonds is 5. The summed E-state index contributed by atoms with van der Waals surface area (Å²) in [5.74, 6) is 5.71. The maximum atomic E-state index is 13.7. The Balaban J connectivity index is 1.67. The van der Waals surface area contributed by atoms with E-state index in [-0.39, 0.29) is 28.8 Å². The lowest BCUT2D eigenvalue weighted by Gasteiger charge is -2.45. The Bertz CT molecular complexity index is 1130. The second-order valence-corrected chi connectivity index (χ2v) is 12.1. The molecule has 35 heavy (non-hydrogen) atoms.